The molecule has 2 atom stereocenters. The van der Waals surface area contributed by atoms with Crippen LogP contribution in [0.25, 0.3) is 0 Å². The second kappa shape index (κ2) is 11.4. The second-order valence-corrected chi connectivity index (χ2v) is 7.24. The number of β-amino-alcohol motifs (C(OH)–C–C–N with tert-alkyl or cyclic N) is 1. The van der Waals surface area contributed by atoms with E-state index in [1.807, 2.05) is 6.92 Å². The van der Waals surface area contributed by atoms with Crippen molar-refractivity contribution in [1.82, 2.24) is 20.1 Å². The third-order valence-electron chi connectivity index (χ3n) is 4.90. The van der Waals surface area contributed by atoms with E-state index in [0.29, 0.717) is 50.4 Å². The molecule has 0 aromatic carbocycles. The SMILES string of the molecule is CCOC[C@@H](O)CN1CCN(Cc2nc(C(=O)NC[C@@H](C)CC)co2)CC1. The van der Waals surface area contributed by atoms with Crippen molar-refractivity contribution in [3.8, 4) is 0 Å². The molecule has 1 fully saturated rings. The summed E-state index contributed by atoms with van der Waals surface area (Å²) in [6.45, 7) is 12.5. The van der Waals surface area contributed by atoms with Gasteiger partial charge in [0.1, 0.15) is 6.26 Å². The summed E-state index contributed by atoms with van der Waals surface area (Å²) >= 11 is 0. The topological polar surface area (TPSA) is 91.1 Å². The number of carbonyl (C=O) groups excluding carboxylic acids is 1. The number of piperazine rings is 1. The molecule has 0 radical (unpaired) electrons. The highest BCUT2D eigenvalue weighted by Gasteiger charge is 2.21. The smallest absolute Gasteiger partial charge is 0.273 e. The summed E-state index contributed by atoms with van der Waals surface area (Å²) in [5, 5.41) is 12.8. The van der Waals surface area contributed by atoms with Gasteiger partial charge in [-0.15, -0.1) is 0 Å². The molecule has 1 aliphatic rings. The maximum atomic E-state index is 12.1. The predicted molar refractivity (Wildman–Crippen MR) is 103 cm³/mol. The van der Waals surface area contributed by atoms with Gasteiger partial charge < -0.3 is 19.6 Å². The third-order valence-corrected chi connectivity index (χ3v) is 4.90. The molecule has 1 amide bonds. The van der Waals surface area contributed by atoms with Crippen LogP contribution in [0, 0.1) is 5.92 Å². The van der Waals surface area contributed by atoms with E-state index in [2.05, 4.69) is 33.9 Å². The van der Waals surface area contributed by atoms with Gasteiger partial charge in [0.25, 0.3) is 5.91 Å². The number of rotatable bonds is 11. The molecule has 2 N–H and O–H groups in total. The molecule has 0 unspecified atom stereocenters. The van der Waals surface area contributed by atoms with Crippen LogP contribution in [0.5, 0.6) is 0 Å². The van der Waals surface area contributed by atoms with Crippen molar-refractivity contribution in [2.45, 2.75) is 39.8 Å². The average Bonchev–Trinajstić information content (AvgIpc) is 3.14. The van der Waals surface area contributed by atoms with Gasteiger partial charge in [0.2, 0.25) is 5.89 Å². The highest BCUT2D eigenvalue weighted by Crippen LogP contribution is 2.10. The number of nitrogens with one attached hydrogen (secondary N) is 1. The Morgan fingerprint density at radius 1 is 1.33 bits per heavy atom. The minimum atomic E-state index is -0.445. The van der Waals surface area contributed by atoms with E-state index in [9.17, 15) is 9.90 Å². The zero-order valence-electron chi connectivity index (χ0n) is 16.8. The molecule has 1 aliphatic heterocycles. The van der Waals surface area contributed by atoms with Crippen LogP contribution in [-0.2, 0) is 11.3 Å². The van der Waals surface area contributed by atoms with Crippen LogP contribution < -0.4 is 5.32 Å². The lowest BCUT2D eigenvalue weighted by molar-refractivity contribution is 0.00949. The Hall–Kier alpha value is -1.48. The van der Waals surface area contributed by atoms with Crippen LogP contribution in [0.4, 0.5) is 0 Å². The van der Waals surface area contributed by atoms with Gasteiger partial charge >= 0.3 is 0 Å². The molecule has 0 bridgehead atoms. The van der Waals surface area contributed by atoms with Crippen molar-refractivity contribution in [3.63, 3.8) is 0 Å². The summed E-state index contributed by atoms with van der Waals surface area (Å²) in [6, 6.07) is 0. The highest BCUT2D eigenvalue weighted by molar-refractivity contribution is 5.91. The van der Waals surface area contributed by atoms with Crippen molar-refractivity contribution >= 4 is 5.91 Å². The van der Waals surface area contributed by atoms with Crippen molar-refractivity contribution < 1.29 is 19.1 Å². The molecule has 8 heteroatoms. The molecule has 1 aromatic rings. The van der Waals surface area contributed by atoms with E-state index in [-0.39, 0.29) is 5.91 Å². The van der Waals surface area contributed by atoms with E-state index in [1.54, 1.807) is 0 Å². The monoisotopic (exact) mass is 382 g/mol. The van der Waals surface area contributed by atoms with Crippen LogP contribution in [0.2, 0.25) is 0 Å². The Kier molecular flexibility index (Phi) is 9.20. The Morgan fingerprint density at radius 2 is 2.04 bits per heavy atom. The molecular weight excluding hydrogens is 348 g/mol. The molecule has 0 aliphatic carbocycles. The third kappa shape index (κ3) is 7.57. The quantitative estimate of drug-likeness (QED) is 0.589. The first-order valence-corrected chi connectivity index (χ1v) is 9.94. The lowest BCUT2D eigenvalue weighted by atomic mass is 10.1. The number of hydrogen-bond acceptors (Lipinski definition) is 7. The number of nitrogens with zero attached hydrogens (tertiary/aromatic N) is 3. The van der Waals surface area contributed by atoms with Crippen molar-refractivity contribution in [2.75, 3.05) is 52.5 Å². The van der Waals surface area contributed by atoms with E-state index in [0.717, 1.165) is 32.6 Å². The maximum Gasteiger partial charge on any atom is 0.273 e. The largest absolute Gasteiger partial charge is 0.447 e. The maximum absolute atomic E-state index is 12.1. The molecular formula is C19H34N4O4. The summed E-state index contributed by atoms with van der Waals surface area (Å²) in [5.41, 5.74) is 0.339. The number of hydrogen-bond donors (Lipinski definition) is 2. The van der Waals surface area contributed by atoms with E-state index in [1.165, 1.54) is 6.26 Å². The van der Waals surface area contributed by atoms with Crippen LogP contribution in [0.3, 0.4) is 0 Å². The minimum absolute atomic E-state index is 0.182. The summed E-state index contributed by atoms with van der Waals surface area (Å²) < 4.78 is 10.7. The Balaban J connectivity index is 1.71. The van der Waals surface area contributed by atoms with E-state index >= 15 is 0 Å². The fourth-order valence-electron chi connectivity index (χ4n) is 2.92. The van der Waals surface area contributed by atoms with Crippen LogP contribution in [0.15, 0.2) is 10.7 Å². The standard InChI is InChI=1S/C19H34N4O4/c1-4-15(3)10-20-19(25)17-14-27-18(21-17)12-23-8-6-22(7-9-23)11-16(24)13-26-5-2/h14-16,24H,4-13H2,1-3H3,(H,20,25)/t15-,16-/m0/s1. The second-order valence-electron chi connectivity index (χ2n) is 7.24. The van der Waals surface area contributed by atoms with Crippen LogP contribution in [0.1, 0.15) is 43.6 Å². The van der Waals surface area contributed by atoms with Crippen LogP contribution in [-0.4, -0.2) is 84.4 Å². The molecule has 27 heavy (non-hydrogen) atoms. The van der Waals surface area contributed by atoms with E-state index in [4.69, 9.17) is 9.15 Å². The first-order chi connectivity index (χ1) is 13.0. The number of carbonyl (C=O) groups is 1. The van der Waals surface area contributed by atoms with Gasteiger partial charge in [0.15, 0.2) is 5.69 Å². The normalized spacial score (nSPS) is 18.4. The number of aliphatic hydroxyl groups is 1. The van der Waals surface area contributed by atoms with Crippen molar-refractivity contribution in [1.29, 1.82) is 0 Å². The fourth-order valence-corrected chi connectivity index (χ4v) is 2.92. The number of aliphatic hydroxyl groups excluding tert-OH is 1. The minimum Gasteiger partial charge on any atom is -0.447 e. The molecule has 2 rings (SSSR count). The zero-order chi connectivity index (χ0) is 19.6. The zero-order valence-corrected chi connectivity index (χ0v) is 16.8. The number of amides is 1. The van der Waals surface area contributed by atoms with Crippen molar-refractivity contribution in [3.05, 3.63) is 17.8 Å². The average molecular weight is 383 g/mol. The molecule has 154 valence electrons. The van der Waals surface area contributed by atoms with Crippen LogP contribution >= 0.6 is 0 Å². The lowest BCUT2D eigenvalue weighted by Crippen LogP contribution is -2.48. The lowest BCUT2D eigenvalue weighted by Gasteiger charge is -2.34. The summed E-state index contributed by atoms with van der Waals surface area (Å²) in [4.78, 5) is 20.9. The Morgan fingerprint density at radius 3 is 2.70 bits per heavy atom. The van der Waals surface area contributed by atoms with Gasteiger partial charge in [0.05, 0.1) is 19.3 Å². The van der Waals surface area contributed by atoms with Gasteiger partial charge in [0, 0.05) is 45.9 Å². The number of ether oxygens (including phenoxy) is 1. The van der Waals surface area contributed by atoms with Gasteiger partial charge in [-0.2, -0.15) is 0 Å². The Labute approximate surface area is 161 Å². The summed E-state index contributed by atoms with van der Waals surface area (Å²) in [5.74, 6) is 0.829. The Bertz CT molecular complexity index is 558. The summed E-state index contributed by atoms with van der Waals surface area (Å²) in [6.07, 6.45) is 2.01. The first kappa shape index (κ1) is 21.8. The molecule has 1 saturated heterocycles. The molecule has 0 saturated carbocycles. The van der Waals surface area contributed by atoms with Gasteiger partial charge in [-0.05, 0) is 12.8 Å². The van der Waals surface area contributed by atoms with Crippen molar-refractivity contribution in [2.24, 2.45) is 5.92 Å². The van der Waals surface area contributed by atoms with Gasteiger partial charge in [-0.25, -0.2) is 4.98 Å². The summed E-state index contributed by atoms with van der Waals surface area (Å²) in [7, 11) is 0. The highest BCUT2D eigenvalue weighted by atomic mass is 16.5. The van der Waals surface area contributed by atoms with Gasteiger partial charge in [-0.3, -0.25) is 14.6 Å². The molecule has 8 nitrogen and oxygen atoms in total. The predicted octanol–water partition coefficient (Wildman–Crippen LogP) is 0.966. The van der Waals surface area contributed by atoms with E-state index < -0.39 is 6.10 Å². The molecule has 2 heterocycles. The van der Waals surface area contributed by atoms with Gasteiger partial charge in [-0.1, -0.05) is 20.3 Å². The first-order valence-electron chi connectivity index (χ1n) is 9.94. The number of oxazole rings is 1. The number of aromatic nitrogens is 1. The molecule has 0 spiro atoms. The molecule has 1 aromatic heterocycles. The fraction of sp³-hybridized carbons (Fsp3) is 0.789.